The topological polar surface area (TPSA) is 43.4 Å². The van der Waals surface area contributed by atoms with Crippen LogP contribution in [-0.4, -0.2) is 20.6 Å². The Hall–Kier alpha value is -0.420. The lowest BCUT2D eigenvalue weighted by Gasteiger charge is -2.28. The molecule has 2 aliphatic carbocycles. The molecule has 0 amide bonds. The largest absolute Gasteiger partial charge is 0.391 e. The molecule has 0 N–H and O–H groups in total. The van der Waals surface area contributed by atoms with Gasteiger partial charge in [-0.2, -0.15) is 0 Å². The second kappa shape index (κ2) is 5.92. The maximum atomic E-state index is 12.1. The number of halogens is 2. The molecule has 0 bridgehead atoms. The van der Waals surface area contributed by atoms with E-state index in [1.807, 2.05) is 12.2 Å². The highest BCUT2D eigenvalue weighted by Crippen LogP contribution is 2.35. The molecular weight excluding hydrogens is 376 g/mol. The van der Waals surface area contributed by atoms with Crippen molar-refractivity contribution in [2.75, 3.05) is 0 Å². The summed E-state index contributed by atoms with van der Waals surface area (Å²) in [5, 5.41) is 0. The number of hydrogen-bond donors (Lipinski definition) is 0. The van der Waals surface area contributed by atoms with E-state index in [0.29, 0.717) is 12.8 Å². The standard InChI is InChI=1S/C14H16Br2O3/c15-13(7-3-1-4-8-13)11(17)19-12(18)14(16)9-5-2-6-10-14/h3,5,7,9H,1-2,4,6,8,10H2. The first-order valence-electron chi connectivity index (χ1n) is 6.46. The molecule has 0 aromatic heterocycles. The van der Waals surface area contributed by atoms with E-state index in [1.54, 1.807) is 12.2 Å². The molecule has 0 spiro atoms. The average molecular weight is 392 g/mol. The van der Waals surface area contributed by atoms with Gasteiger partial charge in [0.25, 0.3) is 0 Å². The first kappa shape index (κ1) is 15.0. The predicted octanol–water partition coefficient (Wildman–Crippen LogP) is 3.80. The summed E-state index contributed by atoms with van der Waals surface area (Å²) < 4.78 is 3.37. The SMILES string of the molecule is O=C(OC(=O)C1(Br)C=CCCC1)C1(Br)C=CCCC1. The molecule has 0 aromatic carbocycles. The van der Waals surface area contributed by atoms with Gasteiger partial charge in [-0.1, -0.05) is 56.2 Å². The maximum Gasteiger partial charge on any atom is 0.334 e. The summed E-state index contributed by atoms with van der Waals surface area (Å²) in [5.74, 6) is -1.04. The Kier molecular flexibility index (Phi) is 4.66. The third kappa shape index (κ3) is 3.37. The Morgan fingerprint density at radius 2 is 1.32 bits per heavy atom. The number of allylic oxidation sites excluding steroid dienone is 2. The molecule has 0 heterocycles. The third-order valence-corrected chi connectivity index (χ3v) is 5.42. The zero-order valence-corrected chi connectivity index (χ0v) is 13.7. The fourth-order valence-corrected chi connectivity index (χ4v) is 3.35. The lowest BCUT2D eigenvalue weighted by Crippen LogP contribution is -2.40. The summed E-state index contributed by atoms with van der Waals surface area (Å²) in [6.45, 7) is 0. The van der Waals surface area contributed by atoms with E-state index in [4.69, 9.17) is 4.74 Å². The predicted molar refractivity (Wildman–Crippen MR) is 80.4 cm³/mol. The smallest absolute Gasteiger partial charge is 0.334 e. The molecule has 3 nitrogen and oxygen atoms in total. The number of esters is 2. The van der Waals surface area contributed by atoms with E-state index in [0.717, 1.165) is 25.7 Å². The van der Waals surface area contributed by atoms with Crippen LogP contribution in [0.1, 0.15) is 38.5 Å². The van der Waals surface area contributed by atoms with Gasteiger partial charge < -0.3 is 4.74 Å². The van der Waals surface area contributed by atoms with Crippen molar-refractivity contribution in [3.05, 3.63) is 24.3 Å². The van der Waals surface area contributed by atoms with Crippen LogP contribution < -0.4 is 0 Å². The molecule has 0 saturated heterocycles. The summed E-state index contributed by atoms with van der Waals surface area (Å²) in [6.07, 6.45) is 12.5. The average Bonchev–Trinajstić information content (AvgIpc) is 2.40. The second-order valence-electron chi connectivity index (χ2n) is 4.99. The van der Waals surface area contributed by atoms with Crippen molar-refractivity contribution in [3.63, 3.8) is 0 Å². The van der Waals surface area contributed by atoms with Gasteiger partial charge >= 0.3 is 11.9 Å². The third-order valence-electron chi connectivity index (χ3n) is 3.45. The van der Waals surface area contributed by atoms with Crippen LogP contribution in [0, 0.1) is 0 Å². The van der Waals surface area contributed by atoms with Crippen molar-refractivity contribution in [1.82, 2.24) is 0 Å². The Bertz CT molecular complexity index is 404. The zero-order chi connectivity index (χ0) is 13.9. The van der Waals surface area contributed by atoms with Crippen LogP contribution in [0.5, 0.6) is 0 Å². The summed E-state index contributed by atoms with van der Waals surface area (Å²) in [4.78, 5) is 24.3. The fourth-order valence-electron chi connectivity index (χ4n) is 2.26. The number of ether oxygens (including phenoxy) is 1. The second-order valence-corrected chi connectivity index (χ2v) is 7.82. The van der Waals surface area contributed by atoms with Gasteiger partial charge in [0.15, 0.2) is 0 Å². The monoisotopic (exact) mass is 390 g/mol. The molecule has 5 heteroatoms. The van der Waals surface area contributed by atoms with Gasteiger partial charge in [-0.05, 0) is 38.5 Å². The van der Waals surface area contributed by atoms with Crippen molar-refractivity contribution in [3.8, 4) is 0 Å². The molecule has 0 aromatic rings. The van der Waals surface area contributed by atoms with Crippen molar-refractivity contribution >= 4 is 43.8 Å². The summed E-state index contributed by atoms with van der Waals surface area (Å²) >= 11 is 6.77. The van der Waals surface area contributed by atoms with E-state index in [9.17, 15) is 9.59 Å². The Labute approximate surface area is 129 Å². The Balaban J connectivity index is 2.04. The van der Waals surface area contributed by atoms with Gasteiger partial charge in [-0.15, -0.1) is 0 Å². The molecule has 2 aliphatic rings. The minimum absolute atomic E-state index is 0.522. The molecule has 0 fully saturated rings. The lowest BCUT2D eigenvalue weighted by molar-refractivity contribution is -0.161. The molecule has 19 heavy (non-hydrogen) atoms. The summed E-state index contributed by atoms with van der Waals surface area (Å²) in [5.41, 5.74) is 0. The van der Waals surface area contributed by atoms with Gasteiger partial charge in [0.05, 0.1) is 0 Å². The van der Waals surface area contributed by atoms with E-state index >= 15 is 0 Å². The number of hydrogen-bond acceptors (Lipinski definition) is 3. The fraction of sp³-hybridized carbons (Fsp3) is 0.571. The molecule has 2 rings (SSSR count). The highest BCUT2D eigenvalue weighted by molar-refractivity contribution is 9.10. The van der Waals surface area contributed by atoms with Crippen LogP contribution in [0.15, 0.2) is 24.3 Å². The van der Waals surface area contributed by atoms with Crippen LogP contribution in [0.4, 0.5) is 0 Å². The van der Waals surface area contributed by atoms with Gasteiger partial charge in [0.1, 0.15) is 8.65 Å². The molecule has 0 saturated carbocycles. The van der Waals surface area contributed by atoms with Crippen molar-refractivity contribution in [2.24, 2.45) is 0 Å². The van der Waals surface area contributed by atoms with Crippen LogP contribution in [0.25, 0.3) is 0 Å². The van der Waals surface area contributed by atoms with E-state index in [1.165, 1.54) is 0 Å². The van der Waals surface area contributed by atoms with Gasteiger partial charge in [0, 0.05) is 0 Å². The molecule has 0 radical (unpaired) electrons. The van der Waals surface area contributed by atoms with E-state index in [-0.39, 0.29) is 0 Å². The molecule has 2 atom stereocenters. The normalized spacial score (nSPS) is 34.0. The molecule has 0 aliphatic heterocycles. The van der Waals surface area contributed by atoms with Gasteiger partial charge in [-0.3, -0.25) is 0 Å². The van der Waals surface area contributed by atoms with Crippen LogP contribution in [-0.2, 0) is 14.3 Å². The molecule has 2 unspecified atom stereocenters. The Morgan fingerprint density at radius 1 is 0.895 bits per heavy atom. The van der Waals surface area contributed by atoms with E-state index < -0.39 is 20.6 Å². The summed E-state index contributed by atoms with van der Waals surface area (Å²) in [7, 11) is 0. The first-order valence-corrected chi connectivity index (χ1v) is 8.05. The number of rotatable bonds is 2. The molecular formula is C14H16Br2O3. The maximum absolute atomic E-state index is 12.1. The van der Waals surface area contributed by atoms with Crippen molar-refractivity contribution < 1.29 is 14.3 Å². The van der Waals surface area contributed by atoms with Gasteiger partial charge in [-0.25, -0.2) is 9.59 Å². The zero-order valence-electron chi connectivity index (χ0n) is 10.5. The van der Waals surface area contributed by atoms with Crippen LogP contribution in [0.2, 0.25) is 0 Å². The summed E-state index contributed by atoms with van der Waals surface area (Å²) in [6, 6.07) is 0. The minimum atomic E-state index is -0.845. The van der Waals surface area contributed by atoms with Crippen LogP contribution in [0.3, 0.4) is 0 Å². The Morgan fingerprint density at radius 3 is 1.63 bits per heavy atom. The lowest BCUT2D eigenvalue weighted by atomic mass is 9.94. The number of carbonyl (C=O) groups excluding carboxylic acids is 2. The molecule has 104 valence electrons. The van der Waals surface area contributed by atoms with Gasteiger partial charge in [0.2, 0.25) is 0 Å². The highest BCUT2D eigenvalue weighted by Gasteiger charge is 2.42. The number of carbonyl (C=O) groups is 2. The minimum Gasteiger partial charge on any atom is -0.391 e. The quantitative estimate of drug-likeness (QED) is 0.311. The first-order chi connectivity index (χ1) is 8.96. The van der Waals surface area contributed by atoms with E-state index in [2.05, 4.69) is 31.9 Å². The number of alkyl halides is 2. The van der Waals surface area contributed by atoms with Crippen molar-refractivity contribution in [1.29, 1.82) is 0 Å². The highest BCUT2D eigenvalue weighted by atomic mass is 79.9. The van der Waals surface area contributed by atoms with Crippen molar-refractivity contribution in [2.45, 2.75) is 47.2 Å². The van der Waals surface area contributed by atoms with Crippen LogP contribution >= 0.6 is 31.9 Å².